The van der Waals surface area contributed by atoms with Gasteiger partial charge in [0.25, 0.3) is 5.91 Å². The molecule has 1 aliphatic heterocycles. The lowest BCUT2D eigenvalue weighted by molar-refractivity contribution is 0.0996. The van der Waals surface area contributed by atoms with Gasteiger partial charge in [0.2, 0.25) is 0 Å². The molecule has 0 saturated carbocycles. The number of thiazole rings is 1. The number of nitrogens with zero attached hydrogens (tertiary/aromatic N) is 2. The first kappa shape index (κ1) is 20.2. The molecule has 0 spiro atoms. The van der Waals surface area contributed by atoms with Crippen molar-refractivity contribution in [1.29, 1.82) is 0 Å². The van der Waals surface area contributed by atoms with Crippen molar-refractivity contribution in [2.75, 3.05) is 17.2 Å². The molecular weight excluding hydrogens is 400 g/mol. The molecule has 4 rings (SSSR count). The van der Waals surface area contributed by atoms with Gasteiger partial charge in [-0.05, 0) is 35.2 Å². The summed E-state index contributed by atoms with van der Waals surface area (Å²) in [5.41, 5.74) is 2.99. The van der Waals surface area contributed by atoms with Gasteiger partial charge in [-0.15, -0.1) is 0 Å². The second-order valence-electron chi connectivity index (χ2n) is 8.25. The molecule has 0 atom stereocenters. The van der Waals surface area contributed by atoms with E-state index in [0.29, 0.717) is 24.6 Å². The van der Waals surface area contributed by atoms with Gasteiger partial charge in [-0.1, -0.05) is 44.2 Å². The predicted octanol–water partition coefficient (Wildman–Crippen LogP) is 4.88. The molecule has 0 unspecified atom stereocenters. The number of carbonyl (C=O) groups excluding carboxylic acids is 2. The minimum absolute atomic E-state index is 0.0715. The maximum atomic E-state index is 12.7. The zero-order valence-corrected chi connectivity index (χ0v) is 18.0. The Labute approximate surface area is 179 Å². The molecule has 0 aliphatic carbocycles. The van der Waals surface area contributed by atoms with Crippen molar-refractivity contribution in [3.8, 4) is 0 Å². The monoisotopic (exact) mass is 424 g/mol. The number of furan rings is 1. The minimum atomic E-state index is -0.334. The molecule has 3 aromatic rings. The lowest BCUT2D eigenvalue weighted by atomic mass is 9.87. The van der Waals surface area contributed by atoms with E-state index < -0.39 is 0 Å². The van der Waals surface area contributed by atoms with E-state index in [1.54, 1.807) is 17.0 Å². The first-order valence-corrected chi connectivity index (χ1v) is 10.6. The van der Waals surface area contributed by atoms with Crippen LogP contribution >= 0.6 is 11.3 Å². The number of urea groups is 1. The van der Waals surface area contributed by atoms with Gasteiger partial charge in [-0.2, -0.15) is 0 Å². The van der Waals surface area contributed by atoms with Crippen molar-refractivity contribution in [2.45, 2.75) is 39.2 Å². The van der Waals surface area contributed by atoms with Crippen LogP contribution in [0.15, 0.2) is 47.1 Å². The summed E-state index contributed by atoms with van der Waals surface area (Å²) in [5, 5.41) is 6.24. The molecule has 0 bridgehead atoms. The maximum absolute atomic E-state index is 12.7. The molecule has 1 aromatic carbocycles. The van der Waals surface area contributed by atoms with Gasteiger partial charge < -0.3 is 14.6 Å². The molecule has 156 valence electrons. The molecule has 3 heterocycles. The Morgan fingerprint density at radius 2 is 1.90 bits per heavy atom. The van der Waals surface area contributed by atoms with Crippen molar-refractivity contribution < 1.29 is 14.0 Å². The minimum Gasteiger partial charge on any atom is -0.459 e. The second-order valence-corrected chi connectivity index (χ2v) is 9.33. The Morgan fingerprint density at radius 1 is 1.13 bits per heavy atom. The molecule has 0 fully saturated rings. The summed E-state index contributed by atoms with van der Waals surface area (Å²) in [4.78, 5) is 32.1. The summed E-state index contributed by atoms with van der Waals surface area (Å²) < 4.78 is 5.10. The highest BCUT2D eigenvalue weighted by Crippen LogP contribution is 2.29. The number of hydrogen-bond acceptors (Lipinski definition) is 5. The molecule has 2 N–H and O–H groups in total. The number of nitrogens with one attached hydrogen (secondary N) is 2. The number of benzene rings is 1. The lowest BCUT2D eigenvalue weighted by Crippen LogP contribution is -2.38. The number of carbonyl (C=O) groups is 2. The first-order chi connectivity index (χ1) is 14.3. The second kappa shape index (κ2) is 7.95. The average Bonchev–Trinajstić information content (AvgIpc) is 3.36. The van der Waals surface area contributed by atoms with Gasteiger partial charge in [0, 0.05) is 23.5 Å². The van der Waals surface area contributed by atoms with E-state index in [2.05, 4.69) is 36.4 Å². The van der Waals surface area contributed by atoms with Crippen molar-refractivity contribution in [2.24, 2.45) is 0 Å². The smallest absolute Gasteiger partial charge is 0.322 e. The fraction of sp³-hybridized carbons (Fsp3) is 0.318. The Hall–Kier alpha value is -3.13. The molecule has 0 saturated heterocycles. The third kappa shape index (κ3) is 4.38. The predicted molar refractivity (Wildman–Crippen MR) is 117 cm³/mol. The van der Waals surface area contributed by atoms with E-state index in [0.717, 1.165) is 16.3 Å². The molecular formula is C22H24N4O3S. The van der Waals surface area contributed by atoms with Crippen LogP contribution in [0.2, 0.25) is 0 Å². The highest BCUT2D eigenvalue weighted by atomic mass is 32.1. The fourth-order valence-corrected chi connectivity index (χ4v) is 4.26. The largest absolute Gasteiger partial charge is 0.459 e. The summed E-state index contributed by atoms with van der Waals surface area (Å²) in [6.45, 7) is 7.52. The summed E-state index contributed by atoms with van der Waals surface area (Å²) >= 11 is 1.39. The van der Waals surface area contributed by atoms with Crippen LogP contribution in [0.5, 0.6) is 0 Å². The van der Waals surface area contributed by atoms with Gasteiger partial charge in [-0.25, -0.2) is 9.78 Å². The zero-order chi connectivity index (χ0) is 21.3. The Morgan fingerprint density at radius 3 is 2.57 bits per heavy atom. The SMILES string of the molecule is CC(C)(C)c1ccc(NC(=O)N2CCc3nc(NC(=O)c4ccco4)sc3C2)cc1. The quantitative estimate of drug-likeness (QED) is 0.627. The average molecular weight is 425 g/mol. The normalized spacial score (nSPS) is 13.6. The van der Waals surface area contributed by atoms with Crippen LogP contribution in [0, 0.1) is 0 Å². The topological polar surface area (TPSA) is 87.5 Å². The highest BCUT2D eigenvalue weighted by Gasteiger charge is 2.25. The van der Waals surface area contributed by atoms with Crippen LogP contribution in [0.3, 0.4) is 0 Å². The van der Waals surface area contributed by atoms with Crippen molar-refractivity contribution in [1.82, 2.24) is 9.88 Å². The van der Waals surface area contributed by atoms with Gasteiger partial charge in [0.05, 0.1) is 18.5 Å². The Kier molecular flexibility index (Phi) is 5.34. The Bertz CT molecular complexity index is 1050. The molecule has 1 aliphatic rings. The maximum Gasteiger partial charge on any atom is 0.322 e. The van der Waals surface area contributed by atoms with E-state index in [-0.39, 0.29) is 23.1 Å². The summed E-state index contributed by atoms with van der Waals surface area (Å²) in [6.07, 6.45) is 2.10. The molecule has 0 radical (unpaired) electrons. The number of fused-ring (bicyclic) bond motifs is 1. The van der Waals surface area contributed by atoms with Crippen LogP contribution < -0.4 is 10.6 Å². The first-order valence-electron chi connectivity index (χ1n) is 9.79. The van der Waals surface area contributed by atoms with Gasteiger partial charge in [0.1, 0.15) is 0 Å². The van der Waals surface area contributed by atoms with Crippen LogP contribution in [0.1, 0.15) is 47.5 Å². The van der Waals surface area contributed by atoms with E-state index in [4.69, 9.17) is 4.42 Å². The van der Waals surface area contributed by atoms with Crippen LogP contribution in [-0.2, 0) is 18.4 Å². The number of aromatic nitrogens is 1. The van der Waals surface area contributed by atoms with E-state index in [1.165, 1.54) is 23.2 Å². The van der Waals surface area contributed by atoms with Gasteiger partial charge in [-0.3, -0.25) is 10.1 Å². The van der Waals surface area contributed by atoms with E-state index in [1.807, 2.05) is 24.3 Å². The lowest BCUT2D eigenvalue weighted by Gasteiger charge is -2.26. The highest BCUT2D eigenvalue weighted by molar-refractivity contribution is 7.15. The molecule has 2 aromatic heterocycles. The van der Waals surface area contributed by atoms with Crippen LogP contribution in [0.25, 0.3) is 0 Å². The van der Waals surface area contributed by atoms with Gasteiger partial charge >= 0.3 is 6.03 Å². The molecule has 8 heteroatoms. The summed E-state index contributed by atoms with van der Waals surface area (Å²) in [5.74, 6) is -0.0962. The molecule has 3 amide bonds. The summed E-state index contributed by atoms with van der Waals surface area (Å²) in [6, 6.07) is 11.1. The van der Waals surface area contributed by atoms with E-state index in [9.17, 15) is 9.59 Å². The number of rotatable bonds is 3. The van der Waals surface area contributed by atoms with Crippen molar-refractivity contribution in [3.63, 3.8) is 0 Å². The van der Waals surface area contributed by atoms with Crippen LogP contribution in [0.4, 0.5) is 15.6 Å². The Balaban J connectivity index is 1.38. The van der Waals surface area contributed by atoms with Gasteiger partial charge in [0.15, 0.2) is 10.9 Å². The van der Waals surface area contributed by atoms with Crippen LogP contribution in [-0.4, -0.2) is 28.4 Å². The number of anilines is 2. The van der Waals surface area contributed by atoms with Crippen molar-refractivity contribution in [3.05, 3.63) is 64.6 Å². The number of hydrogen-bond donors (Lipinski definition) is 2. The standard InChI is InChI=1S/C22H24N4O3S/c1-22(2,3)14-6-8-15(9-7-14)23-21(28)26-11-10-16-18(13-26)30-20(24-16)25-19(27)17-5-4-12-29-17/h4-9,12H,10-11,13H2,1-3H3,(H,23,28)(H,24,25,27). The molecule has 7 nitrogen and oxygen atoms in total. The van der Waals surface area contributed by atoms with E-state index >= 15 is 0 Å². The third-order valence-electron chi connectivity index (χ3n) is 4.99. The fourth-order valence-electron chi connectivity index (χ4n) is 3.24. The van der Waals surface area contributed by atoms with Crippen molar-refractivity contribution >= 4 is 34.1 Å². The summed E-state index contributed by atoms with van der Waals surface area (Å²) in [7, 11) is 0. The number of amides is 3. The molecule has 30 heavy (non-hydrogen) atoms. The third-order valence-corrected chi connectivity index (χ3v) is 5.98. The zero-order valence-electron chi connectivity index (χ0n) is 17.2.